The van der Waals surface area contributed by atoms with E-state index in [2.05, 4.69) is 49.1 Å². The molecule has 1 fully saturated rings. The van der Waals surface area contributed by atoms with Gasteiger partial charge in [-0.05, 0) is 17.4 Å². The lowest BCUT2D eigenvalue weighted by Crippen LogP contribution is -2.20. The molecule has 0 saturated carbocycles. The van der Waals surface area contributed by atoms with E-state index in [0.29, 0.717) is 0 Å². The van der Waals surface area contributed by atoms with E-state index in [1.54, 1.807) is 0 Å². The van der Waals surface area contributed by atoms with E-state index in [9.17, 15) is 0 Å². The minimum atomic E-state index is 0.874. The Morgan fingerprint density at radius 2 is 1.93 bits per heavy atom. The van der Waals surface area contributed by atoms with Gasteiger partial charge >= 0.3 is 0 Å². The van der Waals surface area contributed by atoms with Crippen LogP contribution in [0, 0.1) is 11.8 Å². The third-order valence-corrected chi connectivity index (χ3v) is 3.62. The Balaban J connectivity index is 1.92. The molecule has 0 amide bonds. The molecule has 15 heavy (non-hydrogen) atoms. The van der Waals surface area contributed by atoms with Crippen molar-refractivity contribution in [2.45, 2.75) is 26.8 Å². The Hall–Kier alpha value is -0.820. The monoisotopic (exact) mass is 203 g/mol. The zero-order valence-electron chi connectivity index (χ0n) is 9.82. The second-order valence-corrected chi connectivity index (χ2v) is 4.83. The van der Waals surface area contributed by atoms with Crippen LogP contribution in [0.5, 0.6) is 0 Å². The molecule has 0 bridgehead atoms. The molecular weight excluding hydrogens is 182 g/mol. The highest BCUT2D eigenvalue weighted by Crippen LogP contribution is 2.26. The van der Waals surface area contributed by atoms with E-state index < -0.39 is 0 Å². The molecule has 1 saturated heterocycles. The highest BCUT2D eigenvalue weighted by Gasteiger charge is 2.27. The Kier molecular flexibility index (Phi) is 3.42. The minimum Gasteiger partial charge on any atom is -0.299 e. The zero-order chi connectivity index (χ0) is 10.7. The van der Waals surface area contributed by atoms with Crippen molar-refractivity contribution in [2.75, 3.05) is 13.1 Å². The summed E-state index contributed by atoms with van der Waals surface area (Å²) in [6.07, 6.45) is 1.33. The van der Waals surface area contributed by atoms with Crippen LogP contribution < -0.4 is 0 Å². The topological polar surface area (TPSA) is 3.24 Å². The Morgan fingerprint density at radius 1 is 1.20 bits per heavy atom. The number of nitrogens with zero attached hydrogens (tertiary/aromatic N) is 1. The van der Waals surface area contributed by atoms with Gasteiger partial charge in [-0.25, -0.2) is 0 Å². The molecule has 1 nitrogen and oxygen atoms in total. The van der Waals surface area contributed by atoms with Crippen LogP contribution in [0.25, 0.3) is 0 Å². The van der Waals surface area contributed by atoms with Gasteiger partial charge in [-0.2, -0.15) is 0 Å². The van der Waals surface area contributed by atoms with E-state index in [4.69, 9.17) is 0 Å². The first-order valence-corrected chi connectivity index (χ1v) is 6.06. The first-order chi connectivity index (χ1) is 7.29. The lowest BCUT2D eigenvalue weighted by Gasteiger charge is -2.15. The van der Waals surface area contributed by atoms with Gasteiger partial charge in [0.25, 0.3) is 0 Å². The summed E-state index contributed by atoms with van der Waals surface area (Å²) >= 11 is 0. The molecule has 82 valence electrons. The highest BCUT2D eigenvalue weighted by molar-refractivity contribution is 5.14. The lowest BCUT2D eigenvalue weighted by atomic mass is 9.96. The fourth-order valence-corrected chi connectivity index (χ4v) is 2.64. The van der Waals surface area contributed by atoms with Crippen molar-refractivity contribution in [3.8, 4) is 0 Å². The molecule has 0 aliphatic carbocycles. The molecule has 0 unspecified atom stereocenters. The van der Waals surface area contributed by atoms with Crippen molar-refractivity contribution >= 4 is 0 Å². The largest absolute Gasteiger partial charge is 0.299 e. The van der Waals surface area contributed by atoms with Crippen molar-refractivity contribution in [1.29, 1.82) is 0 Å². The fraction of sp³-hybridized carbons (Fsp3) is 0.571. The van der Waals surface area contributed by atoms with Crippen molar-refractivity contribution in [3.63, 3.8) is 0 Å². The van der Waals surface area contributed by atoms with E-state index in [1.165, 1.54) is 25.1 Å². The summed E-state index contributed by atoms with van der Waals surface area (Å²) in [6, 6.07) is 10.8. The maximum absolute atomic E-state index is 2.59. The molecule has 1 heteroatoms. The van der Waals surface area contributed by atoms with Crippen LogP contribution in [0.15, 0.2) is 30.3 Å². The predicted octanol–water partition coefficient (Wildman–Crippen LogP) is 3.16. The molecule has 1 aromatic carbocycles. The number of hydrogen-bond donors (Lipinski definition) is 0. The minimum absolute atomic E-state index is 0.874. The quantitative estimate of drug-likeness (QED) is 0.729. The number of likely N-dealkylation sites (tertiary alicyclic amines) is 1. The van der Waals surface area contributed by atoms with Gasteiger partial charge in [-0.3, -0.25) is 4.90 Å². The van der Waals surface area contributed by atoms with Crippen molar-refractivity contribution < 1.29 is 0 Å². The summed E-state index contributed by atoms with van der Waals surface area (Å²) < 4.78 is 0. The molecule has 0 N–H and O–H groups in total. The zero-order valence-corrected chi connectivity index (χ0v) is 9.82. The maximum Gasteiger partial charge on any atom is 0.0233 e. The third-order valence-electron chi connectivity index (χ3n) is 3.62. The van der Waals surface area contributed by atoms with Crippen LogP contribution >= 0.6 is 0 Å². The van der Waals surface area contributed by atoms with Gasteiger partial charge in [-0.15, -0.1) is 0 Å². The normalized spacial score (nSPS) is 27.1. The van der Waals surface area contributed by atoms with Crippen LogP contribution in [-0.4, -0.2) is 18.0 Å². The number of benzene rings is 1. The van der Waals surface area contributed by atoms with Crippen LogP contribution in [0.2, 0.25) is 0 Å². The summed E-state index contributed by atoms with van der Waals surface area (Å²) in [6.45, 7) is 8.38. The molecule has 0 aromatic heterocycles. The SMILES string of the molecule is CC[C@H]1CN(Cc2ccccc2)C[C@@H]1C. The molecule has 2 atom stereocenters. The van der Waals surface area contributed by atoms with Crippen LogP contribution in [-0.2, 0) is 6.54 Å². The second-order valence-electron chi connectivity index (χ2n) is 4.83. The van der Waals surface area contributed by atoms with Gasteiger partial charge in [0, 0.05) is 19.6 Å². The Morgan fingerprint density at radius 3 is 2.53 bits per heavy atom. The first-order valence-electron chi connectivity index (χ1n) is 6.06. The smallest absolute Gasteiger partial charge is 0.0233 e. The first kappa shape index (κ1) is 10.7. The summed E-state index contributed by atoms with van der Waals surface area (Å²) in [5.41, 5.74) is 1.45. The summed E-state index contributed by atoms with van der Waals surface area (Å²) in [7, 11) is 0. The van der Waals surface area contributed by atoms with Crippen molar-refractivity contribution in [1.82, 2.24) is 4.90 Å². The number of rotatable bonds is 3. The molecule has 2 rings (SSSR count). The van der Waals surface area contributed by atoms with E-state index >= 15 is 0 Å². The average Bonchev–Trinajstić information content (AvgIpc) is 2.60. The molecule has 1 aliphatic rings. The van der Waals surface area contributed by atoms with Gasteiger partial charge in [0.2, 0.25) is 0 Å². The molecule has 0 radical (unpaired) electrons. The van der Waals surface area contributed by atoms with Gasteiger partial charge in [0.15, 0.2) is 0 Å². The van der Waals surface area contributed by atoms with Crippen LogP contribution in [0.4, 0.5) is 0 Å². The van der Waals surface area contributed by atoms with E-state index in [-0.39, 0.29) is 0 Å². The molecule has 1 aromatic rings. The van der Waals surface area contributed by atoms with Crippen molar-refractivity contribution in [2.24, 2.45) is 11.8 Å². The summed E-state index contributed by atoms with van der Waals surface area (Å²) in [4.78, 5) is 2.59. The van der Waals surface area contributed by atoms with Gasteiger partial charge in [-0.1, -0.05) is 50.6 Å². The molecule has 1 heterocycles. The standard InChI is InChI=1S/C14H21N/c1-3-14-11-15(9-12(14)2)10-13-7-5-4-6-8-13/h4-8,12,14H,3,9-11H2,1-2H3/t12-,14-/m0/s1. The summed E-state index contributed by atoms with van der Waals surface area (Å²) in [5, 5.41) is 0. The molecule has 1 aliphatic heterocycles. The van der Waals surface area contributed by atoms with Gasteiger partial charge < -0.3 is 0 Å². The maximum atomic E-state index is 2.59. The van der Waals surface area contributed by atoms with Gasteiger partial charge in [0.1, 0.15) is 0 Å². The van der Waals surface area contributed by atoms with Crippen LogP contribution in [0.3, 0.4) is 0 Å². The van der Waals surface area contributed by atoms with Gasteiger partial charge in [0.05, 0.1) is 0 Å². The molecule has 0 spiro atoms. The summed E-state index contributed by atoms with van der Waals surface area (Å²) in [5.74, 6) is 1.78. The average molecular weight is 203 g/mol. The number of hydrogen-bond acceptors (Lipinski definition) is 1. The lowest BCUT2D eigenvalue weighted by molar-refractivity contribution is 0.313. The third kappa shape index (κ3) is 2.60. The van der Waals surface area contributed by atoms with Crippen molar-refractivity contribution in [3.05, 3.63) is 35.9 Å². The fourth-order valence-electron chi connectivity index (χ4n) is 2.64. The highest BCUT2D eigenvalue weighted by atomic mass is 15.1. The predicted molar refractivity (Wildman–Crippen MR) is 64.7 cm³/mol. The van der Waals surface area contributed by atoms with E-state index in [1.807, 2.05) is 0 Å². The van der Waals surface area contributed by atoms with Crippen LogP contribution in [0.1, 0.15) is 25.8 Å². The molecular formula is C14H21N. The van der Waals surface area contributed by atoms with E-state index in [0.717, 1.165) is 18.4 Å². The Bertz CT molecular complexity index is 293. The second kappa shape index (κ2) is 4.80. The Labute approximate surface area is 93.1 Å².